The van der Waals surface area contributed by atoms with Crippen molar-refractivity contribution in [2.45, 2.75) is 6.42 Å². The van der Waals surface area contributed by atoms with Crippen molar-refractivity contribution in [3.8, 4) is 5.75 Å². The van der Waals surface area contributed by atoms with Crippen LogP contribution in [0.5, 0.6) is 5.75 Å². The Morgan fingerprint density at radius 2 is 2.08 bits per heavy atom. The number of aliphatic imine (C=N–C) groups is 1. The second-order valence-electron chi connectivity index (χ2n) is 5.89. The van der Waals surface area contributed by atoms with Gasteiger partial charge in [0.15, 0.2) is 5.96 Å². The fraction of sp³-hybridized carbons (Fsp3) is 0.278. The zero-order valence-corrected chi connectivity index (χ0v) is 15.4. The fourth-order valence-corrected chi connectivity index (χ4v) is 4.27. The molecule has 26 heavy (non-hydrogen) atoms. The normalized spacial score (nSPS) is 14.2. The summed E-state index contributed by atoms with van der Waals surface area (Å²) in [5, 5.41) is 2.93. The van der Waals surface area contributed by atoms with Gasteiger partial charge in [0.05, 0.1) is 25.1 Å². The molecule has 0 atom stereocenters. The van der Waals surface area contributed by atoms with E-state index in [0.717, 1.165) is 23.4 Å². The highest BCUT2D eigenvalue weighted by molar-refractivity contribution is 7.92. The van der Waals surface area contributed by atoms with E-state index in [9.17, 15) is 8.42 Å². The first-order valence-electron chi connectivity index (χ1n) is 8.29. The summed E-state index contributed by atoms with van der Waals surface area (Å²) in [6, 6.07) is 14.8. The molecule has 0 unspecified atom stereocenters. The second kappa shape index (κ2) is 7.65. The second-order valence-corrected chi connectivity index (χ2v) is 7.90. The van der Waals surface area contributed by atoms with Gasteiger partial charge < -0.3 is 15.8 Å². The number of benzene rings is 2. The maximum atomic E-state index is 12.6. The van der Waals surface area contributed by atoms with Crippen molar-refractivity contribution in [2.24, 2.45) is 10.7 Å². The first kappa shape index (κ1) is 18.1. The van der Waals surface area contributed by atoms with Crippen LogP contribution in [0.4, 0.5) is 11.4 Å². The number of methoxy groups -OCH3 is 1. The summed E-state index contributed by atoms with van der Waals surface area (Å²) in [4.78, 5) is 4.12. The predicted octanol–water partition coefficient (Wildman–Crippen LogP) is 1.81. The van der Waals surface area contributed by atoms with Crippen LogP contribution in [0.15, 0.2) is 53.5 Å². The van der Waals surface area contributed by atoms with Crippen LogP contribution in [0.25, 0.3) is 0 Å². The minimum atomic E-state index is -3.43. The zero-order chi connectivity index (χ0) is 18.6. The van der Waals surface area contributed by atoms with Crippen LogP contribution in [0.3, 0.4) is 0 Å². The highest BCUT2D eigenvalue weighted by Gasteiger charge is 2.28. The summed E-state index contributed by atoms with van der Waals surface area (Å²) in [7, 11) is -1.85. The quantitative estimate of drug-likeness (QED) is 0.594. The van der Waals surface area contributed by atoms with E-state index >= 15 is 0 Å². The van der Waals surface area contributed by atoms with E-state index in [4.69, 9.17) is 10.5 Å². The maximum Gasteiger partial charge on any atom is 0.237 e. The lowest BCUT2D eigenvalue weighted by molar-refractivity contribution is 0.415. The first-order chi connectivity index (χ1) is 12.5. The first-order valence-corrected chi connectivity index (χ1v) is 9.90. The number of guanidine groups is 1. The van der Waals surface area contributed by atoms with Gasteiger partial charge in [-0.15, -0.1) is 0 Å². The molecule has 2 aromatic carbocycles. The molecule has 3 N–H and O–H groups in total. The molecular weight excluding hydrogens is 352 g/mol. The Balaban J connectivity index is 1.60. The van der Waals surface area contributed by atoms with Crippen molar-refractivity contribution in [1.82, 2.24) is 0 Å². The van der Waals surface area contributed by atoms with Crippen molar-refractivity contribution in [3.63, 3.8) is 0 Å². The fourth-order valence-electron chi connectivity index (χ4n) is 2.88. The van der Waals surface area contributed by atoms with Gasteiger partial charge >= 0.3 is 0 Å². The molecule has 3 rings (SSSR count). The Morgan fingerprint density at radius 1 is 1.27 bits per heavy atom. The third kappa shape index (κ3) is 4.08. The van der Waals surface area contributed by atoms with Crippen LogP contribution in [-0.4, -0.2) is 40.3 Å². The van der Waals surface area contributed by atoms with Gasteiger partial charge in [-0.1, -0.05) is 24.3 Å². The van der Waals surface area contributed by atoms with Crippen molar-refractivity contribution in [2.75, 3.05) is 35.6 Å². The summed E-state index contributed by atoms with van der Waals surface area (Å²) in [5.74, 6) is 0.760. The number of nitrogens with zero attached hydrogens (tertiary/aromatic N) is 2. The molecular formula is C18H22N4O3S. The third-order valence-electron chi connectivity index (χ3n) is 4.15. The van der Waals surface area contributed by atoms with Gasteiger partial charge in [0.2, 0.25) is 10.0 Å². The molecule has 0 aromatic heterocycles. The average molecular weight is 374 g/mol. The molecule has 2 aromatic rings. The predicted molar refractivity (Wildman–Crippen MR) is 104 cm³/mol. The number of sulfonamides is 1. The molecule has 0 spiro atoms. The standard InChI is InChI=1S/C18H22N4O3S/c1-25-16-7-4-6-15(13-16)21-18(19)20-10-12-26(23,24)22-11-9-14-5-2-3-8-17(14)22/h2-8,13H,9-12H2,1H3,(H3,19,20,21). The highest BCUT2D eigenvalue weighted by atomic mass is 32.2. The number of para-hydroxylation sites is 1. The Kier molecular flexibility index (Phi) is 5.32. The molecule has 1 heterocycles. The Hall–Kier alpha value is -2.74. The number of nitrogens with two attached hydrogens (primary N) is 1. The molecule has 0 radical (unpaired) electrons. The lowest BCUT2D eigenvalue weighted by Gasteiger charge is -2.18. The Morgan fingerprint density at radius 3 is 2.88 bits per heavy atom. The number of anilines is 2. The van der Waals surface area contributed by atoms with E-state index in [-0.39, 0.29) is 18.3 Å². The molecule has 0 amide bonds. The topological polar surface area (TPSA) is 97.0 Å². The summed E-state index contributed by atoms with van der Waals surface area (Å²) in [5.41, 5.74) is 8.39. The SMILES string of the molecule is COc1cccc(NC(N)=NCCS(=O)(=O)N2CCc3ccccc32)c1. The monoisotopic (exact) mass is 374 g/mol. The van der Waals surface area contributed by atoms with Crippen LogP contribution in [0.1, 0.15) is 5.56 Å². The molecule has 1 aliphatic heterocycles. The van der Waals surface area contributed by atoms with Crippen molar-refractivity contribution >= 4 is 27.4 Å². The van der Waals surface area contributed by atoms with E-state index in [1.807, 2.05) is 42.5 Å². The molecule has 0 saturated heterocycles. The Labute approximate surface area is 153 Å². The van der Waals surface area contributed by atoms with Gasteiger partial charge in [0, 0.05) is 18.3 Å². The molecule has 8 heteroatoms. The average Bonchev–Trinajstić information content (AvgIpc) is 3.06. The summed E-state index contributed by atoms with van der Waals surface area (Å²) >= 11 is 0. The maximum absolute atomic E-state index is 12.6. The molecule has 0 saturated carbocycles. The molecule has 0 aliphatic carbocycles. The minimum Gasteiger partial charge on any atom is -0.497 e. The van der Waals surface area contributed by atoms with Crippen molar-refractivity contribution in [1.29, 1.82) is 0 Å². The van der Waals surface area contributed by atoms with Crippen LogP contribution in [-0.2, 0) is 16.4 Å². The molecule has 0 bridgehead atoms. The molecule has 0 fully saturated rings. The molecule has 138 valence electrons. The van der Waals surface area contributed by atoms with Crippen molar-refractivity contribution < 1.29 is 13.2 Å². The number of hydrogen-bond acceptors (Lipinski definition) is 4. The highest BCUT2D eigenvalue weighted by Crippen LogP contribution is 2.29. The van der Waals surface area contributed by atoms with E-state index in [1.165, 1.54) is 4.31 Å². The van der Waals surface area contributed by atoms with E-state index in [2.05, 4.69) is 10.3 Å². The minimum absolute atomic E-state index is 0.0871. The summed E-state index contributed by atoms with van der Waals surface area (Å²) in [6.07, 6.45) is 0.734. The number of hydrogen-bond donors (Lipinski definition) is 2. The van der Waals surface area contributed by atoms with Crippen LogP contribution in [0.2, 0.25) is 0 Å². The molecule has 1 aliphatic rings. The summed E-state index contributed by atoms with van der Waals surface area (Å²) in [6.45, 7) is 0.562. The van der Waals surface area contributed by atoms with Gasteiger partial charge in [-0.05, 0) is 30.2 Å². The number of fused-ring (bicyclic) bond motifs is 1. The number of rotatable bonds is 6. The number of nitrogens with one attached hydrogen (secondary N) is 1. The van der Waals surface area contributed by atoms with Crippen molar-refractivity contribution in [3.05, 3.63) is 54.1 Å². The third-order valence-corrected chi connectivity index (χ3v) is 5.90. The van der Waals surface area contributed by atoms with Gasteiger partial charge in [-0.3, -0.25) is 9.30 Å². The number of ether oxygens (including phenoxy) is 1. The lowest BCUT2D eigenvalue weighted by atomic mass is 10.2. The van der Waals surface area contributed by atoms with E-state index in [1.54, 1.807) is 13.2 Å². The Bertz CT molecular complexity index is 912. The van der Waals surface area contributed by atoms with E-state index < -0.39 is 10.0 Å². The van der Waals surface area contributed by atoms with Gasteiger partial charge in [-0.2, -0.15) is 0 Å². The van der Waals surface area contributed by atoms with Crippen LogP contribution < -0.4 is 20.1 Å². The molecule has 7 nitrogen and oxygen atoms in total. The lowest BCUT2D eigenvalue weighted by Crippen LogP contribution is -2.33. The van der Waals surface area contributed by atoms with Crippen LogP contribution >= 0.6 is 0 Å². The van der Waals surface area contributed by atoms with Gasteiger partial charge in [0.1, 0.15) is 5.75 Å². The van der Waals surface area contributed by atoms with E-state index in [0.29, 0.717) is 12.3 Å². The van der Waals surface area contributed by atoms with Gasteiger partial charge in [0.25, 0.3) is 0 Å². The van der Waals surface area contributed by atoms with Crippen LogP contribution in [0, 0.1) is 0 Å². The smallest absolute Gasteiger partial charge is 0.237 e. The zero-order valence-electron chi connectivity index (χ0n) is 14.6. The largest absolute Gasteiger partial charge is 0.497 e. The van der Waals surface area contributed by atoms with Gasteiger partial charge in [-0.25, -0.2) is 8.42 Å². The summed E-state index contributed by atoms with van der Waals surface area (Å²) < 4.78 is 31.8.